The molecule has 0 saturated carbocycles. The van der Waals surface area contributed by atoms with Gasteiger partial charge in [-0.3, -0.25) is 14.8 Å². The summed E-state index contributed by atoms with van der Waals surface area (Å²) in [6.45, 7) is 22.0. The quantitative estimate of drug-likeness (QED) is 0.107. The molecule has 0 aromatic carbocycles. The second-order valence-electron chi connectivity index (χ2n) is 11.3. The highest BCUT2D eigenvalue weighted by atomic mass is 35.5. The average molecular weight is 710 g/mol. The normalized spacial score (nSPS) is 18.6. The zero-order valence-electron chi connectivity index (χ0n) is 32.4. The molecule has 2 saturated heterocycles. The fraction of sp³-hybridized carbons (Fsp3) is 0.824. The first-order valence-corrected chi connectivity index (χ1v) is 18.4. The molecule has 3 aliphatic heterocycles. The topological polar surface area (TPSA) is 107 Å². The number of hydrogen-bond acceptors (Lipinski definition) is 8. The van der Waals surface area contributed by atoms with Gasteiger partial charge in [0.25, 0.3) is 5.91 Å². The first-order valence-electron chi connectivity index (χ1n) is 17.3. The van der Waals surface area contributed by atoms with Gasteiger partial charge in [0.15, 0.2) is 0 Å². The molecule has 0 radical (unpaired) electrons. The van der Waals surface area contributed by atoms with Gasteiger partial charge in [0.1, 0.15) is 24.1 Å². The van der Waals surface area contributed by atoms with Crippen LogP contribution in [-0.4, -0.2) is 116 Å². The van der Waals surface area contributed by atoms with Gasteiger partial charge in [0.2, 0.25) is 0 Å². The Morgan fingerprint density at radius 1 is 1.00 bits per heavy atom. The number of nitrogens with zero attached hydrogens (tertiary/aromatic N) is 6. The van der Waals surface area contributed by atoms with E-state index in [1.807, 2.05) is 46.3 Å². The minimum atomic E-state index is -0.649. The number of aromatic nitrogens is 2. The molecule has 11 nitrogen and oxygen atoms in total. The van der Waals surface area contributed by atoms with E-state index in [0.29, 0.717) is 17.3 Å². The molecule has 278 valence electrons. The number of amides is 3. The Morgan fingerprint density at radius 2 is 1.57 bits per heavy atom. The Hall–Kier alpha value is -1.92. The minimum absolute atomic E-state index is 0.177. The summed E-state index contributed by atoms with van der Waals surface area (Å²) in [6.07, 6.45) is 9.55. The van der Waals surface area contributed by atoms with E-state index in [4.69, 9.17) is 16.4 Å². The molecule has 0 bridgehead atoms. The summed E-state index contributed by atoms with van der Waals surface area (Å²) in [5.41, 5.74) is 1.84. The van der Waals surface area contributed by atoms with Crippen LogP contribution in [-0.2, 0) is 22.7 Å². The lowest BCUT2D eigenvalue weighted by Gasteiger charge is -2.35. The standard InChI is InChI=1S/C11H17ClN4O.C8H13N3O2.C7H17N.C3H8.2C2H6.CH3Cl/c1-8(14-17-3)11-10(12)9-7-15(2)5-4-6-16(9)13-11;1-11-4-2-3-8(5-11)6(12)9-7(13)10-8;1-4-5-6-7-8(2)3;1-3-2;3*1-2/h4-7H2,1-3H3;2-5H2,1H3,(H2,9,10,12,13);4-7H2,1-3H3;3H2,1-2H3;2*1-2H3;1H3/b14-8+;;;;;;. The number of urea groups is 1. The van der Waals surface area contributed by atoms with Crippen molar-refractivity contribution in [2.45, 2.75) is 119 Å². The fourth-order valence-electron chi connectivity index (χ4n) is 4.81. The molecule has 1 aromatic rings. The van der Waals surface area contributed by atoms with Crippen LogP contribution in [0.5, 0.6) is 0 Å². The van der Waals surface area contributed by atoms with Crippen molar-refractivity contribution in [1.82, 2.24) is 35.1 Å². The lowest BCUT2D eigenvalue weighted by Crippen LogP contribution is -2.57. The van der Waals surface area contributed by atoms with Crippen molar-refractivity contribution in [2.24, 2.45) is 5.16 Å². The van der Waals surface area contributed by atoms with Crippen molar-refractivity contribution in [3.63, 3.8) is 0 Å². The van der Waals surface area contributed by atoms with E-state index in [2.05, 4.69) is 89.1 Å². The van der Waals surface area contributed by atoms with Crippen molar-refractivity contribution >= 4 is 40.9 Å². The maximum Gasteiger partial charge on any atom is 0.322 e. The van der Waals surface area contributed by atoms with Gasteiger partial charge in [-0.25, -0.2) is 4.79 Å². The van der Waals surface area contributed by atoms with Gasteiger partial charge < -0.3 is 24.9 Å². The van der Waals surface area contributed by atoms with Crippen LogP contribution in [0.2, 0.25) is 5.02 Å². The van der Waals surface area contributed by atoms with Crippen LogP contribution in [0.1, 0.15) is 112 Å². The van der Waals surface area contributed by atoms with Gasteiger partial charge >= 0.3 is 6.03 Å². The van der Waals surface area contributed by atoms with Gasteiger partial charge in [0.05, 0.1) is 10.7 Å². The molecular weight excluding hydrogens is 639 g/mol. The molecular formula is C34H70Cl2N8O3. The average Bonchev–Trinajstić information content (AvgIpc) is 3.41. The van der Waals surface area contributed by atoms with Gasteiger partial charge in [-0.15, -0.1) is 11.6 Å². The summed E-state index contributed by atoms with van der Waals surface area (Å²) in [6, 6.07) is -0.361. The van der Waals surface area contributed by atoms with Crippen LogP contribution in [0.15, 0.2) is 5.16 Å². The molecule has 47 heavy (non-hydrogen) atoms. The second kappa shape index (κ2) is 30.2. The Morgan fingerprint density at radius 3 is 2.04 bits per heavy atom. The number of imide groups is 1. The molecule has 0 aliphatic carbocycles. The number of oxime groups is 1. The van der Waals surface area contributed by atoms with Crippen molar-refractivity contribution in [3.8, 4) is 0 Å². The number of carbonyl (C=O) groups is 2. The predicted octanol–water partition coefficient (Wildman–Crippen LogP) is 7.09. The molecule has 13 heteroatoms. The summed E-state index contributed by atoms with van der Waals surface area (Å²) in [5.74, 6) is -0.177. The molecule has 1 aromatic heterocycles. The van der Waals surface area contributed by atoms with Crippen molar-refractivity contribution in [3.05, 3.63) is 16.4 Å². The molecule has 4 heterocycles. The Balaban J connectivity index is -0.000000573. The van der Waals surface area contributed by atoms with E-state index in [-0.39, 0.29) is 11.9 Å². The highest BCUT2D eigenvalue weighted by Gasteiger charge is 2.47. The van der Waals surface area contributed by atoms with E-state index in [1.165, 1.54) is 45.7 Å². The van der Waals surface area contributed by atoms with Crippen molar-refractivity contribution in [2.75, 3.05) is 67.9 Å². The number of carbonyl (C=O) groups excluding carboxylic acids is 2. The number of fused-ring (bicyclic) bond motifs is 1. The van der Waals surface area contributed by atoms with Crippen LogP contribution >= 0.6 is 23.2 Å². The third kappa shape index (κ3) is 19.6. The van der Waals surface area contributed by atoms with Crippen LogP contribution < -0.4 is 10.6 Å². The predicted molar refractivity (Wildman–Crippen MR) is 202 cm³/mol. The molecule has 2 N–H and O–H groups in total. The highest BCUT2D eigenvalue weighted by Crippen LogP contribution is 2.25. The third-order valence-corrected chi connectivity index (χ3v) is 7.20. The maximum atomic E-state index is 11.5. The van der Waals surface area contributed by atoms with Crippen LogP contribution in [0, 0.1) is 0 Å². The number of rotatable bonds is 6. The van der Waals surface area contributed by atoms with Crippen molar-refractivity contribution < 1.29 is 14.4 Å². The van der Waals surface area contributed by atoms with E-state index in [1.54, 1.807) is 0 Å². The van der Waals surface area contributed by atoms with Gasteiger partial charge in [-0.05, 0) is 73.9 Å². The van der Waals surface area contributed by atoms with Crippen LogP contribution in [0.3, 0.4) is 0 Å². The summed E-state index contributed by atoms with van der Waals surface area (Å²) in [4.78, 5) is 33.8. The minimum Gasteiger partial charge on any atom is -0.399 e. The smallest absolute Gasteiger partial charge is 0.322 e. The third-order valence-electron chi connectivity index (χ3n) is 6.80. The molecule has 1 spiro atoms. The second-order valence-corrected chi connectivity index (χ2v) is 11.7. The Labute approximate surface area is 298 Å². The van der Waals surface area contributed by atoms with E-state index < -0.39 is 5.54 Å². The summed E-state index contributed by atoms with van der Waals surface area (Å²) in [5, 5.41) is 14.1. The largest absolute Gasteiger partial charge is 0.399 e. The van der Waals surface area contributed by atoms with E-state index in [0.717, 1.165) is 56.8 Å². The van der Waals surface area contributed by atoms with Gasteiger partial charge in [-0.2, -0.15) is 5.10 Å². The molecule has 1 atom stereocenters. The highest BCUT2D eigenvalue weighted by molar-refractivity contribution is 6.34. The number of nitrogens with one attached hydrogen (secondary N) is 2. The lowest BCUT2D eigenvalue weighted by atomic mass is 9.89. The molecule has 4 rings (SSSR count). The monoisotopic (exact) mass is 708 g/mol. The summed E-state index contributed by atoms with van der Waals surface area (Å²) < 4.78 is 1.98. The maximum absolute atomic E-state index is 11.5. The number of unbranched alkanes of at least 4 members (excludes halogenated alkanes) is 2. The van der Waals surface area contributed by atoms with Gasteiger partial charge in [0, 0.05) is 32.6 Å². The number of likely N-dealkylation sites (tertiary alicyclic amines) is 1. The number of halogens is 2. The number of hydrogen-bond donors (Lipinski definition) is 2. The van der Waals surface area contributed by atoms with Crippen molar-refractivity contribution in [1.29, 1.82) is 0 Å². The number of piperidine rings is 1. The molecule has 3 amide bonds. The lowest BCUT2D eigenvalue weighted by molar-refractivity contribution is -0.125. The first-order chi connectivity index (χ1) is 22.4. The Bertz CT molecular complexity index is 975. The number of aryl methyl sites for hydroxylation is 1. The van der Waals surface area contributed by atoms with E-state index >= 15 is 0 Å². The first kappa shape index (κ1) is 49.5. The van der Waals surface area contributed by atoms with Crippen LogP contribution in [0.25, 0.3) is 0 Å². The zero-order chi connectivity index (χ0) is 37.0. The number of likely N-dealkylation sites (N-methyl/N-ethyl adjacent to an activating group) is 1. The summed E-state index contributed by atoms with van der Waals surface area (Å²) in [7, 11) is 9.81. The summed E-state index contributed by atoms with van der Waals surface area (Å²) >= 11 is 11.0. The molecule has 3 aliphatic rings. The molecule has 2 fully saturated rings. The number of alkyl halides is 1. The molecule has 1 unspecified atom stereocenters. The SMILES string of the molecule is CC.CC.CCC.CCCCCN(C)C.CCl.CN1CCCC2(C1)NC(=O)NC2=O.CO/N=C(\C)c1nn2c(c1Cl)CN(C)CCC2. The Kier molecular flexibility index (Phi) is 31.7. The van der Waals surface area contributed by atoms with E-state index in [9.17, 15) is 9.59 Å². The van der Waals surface area contributed by atoms with Gasteiger partial charge in [-0.1, -0.05) is 84.5 Å². The fourth-order valence-corrected chi connectivity index (χ4v) is 5.14. The zero-order valence-corrected chi connectivity index (χ0v) is 33.9. The van der Waals surface area contributed by atoms with Crippen LogP contribution in [0.4, 0.5) is 4.79 Å².